The van der Waals surface area contributed by atoms with Crippen molar-refractivity contribution in [3.63, 3.8) is 0 Å². The summed E-state index contributed by atoms with van der Waals surface area (Å²) in [6.07, 6.45) is 7.38. The third-order valence-corrected chi connectivity index (χ3v) is 14.9. The smallest absolute Gasteiger partial charge is 0.355 e. The number of pyridine rings is 1. The van der Waals surface area contributed by atoms with Gasteiger partial charge < -0.3 is 19.5 Å². The number of esters is 1. The van der Waals surface area contributed by atoms with Crippen molar-refractivity contribution in [1.29, 1.82) is 0 Å². The van der Waals surface area contributed by atoms with E-state index in [2.05, 4.69) is 15.4 Å². The quantitative estimate of drug-likeness (QED) is 0.0799. The van der Waals surface area contributed by atoms with Gasteiger partial charge in [0.15, 0.2) is 0 Å². The second-order valence-corrected chi connectivity index (χ2v) is 19.1. The van der Waals surface area contributed by atoms with E-state index in [0.717, 1.165) is 27.6 Å². The van der Waals surface area contributed by atoms with E-state index in [-0.39, 0.29) is 34.5 Å². The molecule has 0 radical (unpaired) electrons. The first-order chi connectivity index (χ1) is 29.3. The minimum atomic E-state index is -4.48. The van der Waals surface area contributed by atoms with Crippen LogP contribution >= 0.6 is 18.9 Å². The molecule has 5 heterocycles. The van der Waals surface area contributed by atoms with Gasteiger partial charge in [0.25, 0.3) is 17.7 Å². The van der Waals surface area contributed by atoms with E-state index < -0.39 is 72.7 Å². The number of para-hydroxylation sites is 1. The second kappa shape index (κ2) is 17.1. The highest BCUT2D eigenvalue weighted by Crippen LogP contribution is 2.58. The van der Waals surface area contributed by atoms with Gasteiger partial charge in [-0.15, -0.1) is 11.3 Å². The zero-order valence-corrected chi connectivity index (χ0v) is 35.4. The van der Waals surface area contributed by atoms with Gasteiger partial charge in [-0.2, -0.15) is 0 Å². The fraction of sp³-hybridized carbons (Fsp3) is 0.419. The van der Waals surface area contributed by atoms with Crippen LogP contribution in [0.3, 0.4) is 0 Å². The highest BCUT2D eigenvalue weighted by atomic mass is 32.1. The van der Waals surface area contributed by atoms with E-state index in [1.807, 2.05) is 6.92 Å². The molecule has 320 valence electrons. The number of amides is 6. The molecular weight excluding hydrogens is 827 g/mol. The van der Waals surface area contributed by atoms with Gasteiger partial charge in [-0.25, -0.2) is 24.1 Å². The number of carbonyl (C=O) groups excluding carboxylic acids is 6. The summed E-state index contributed by atoms with van der Waals surface area (Å²) in [6, 6.07) is 13.1. The van der Waals surface area contributed by atoms with Crippen LogP contribution in [-0.2, 0) is 28.5 Å². The highest BCUT2D eigenvalue weighted by molar-refractivity contribution is 7.57. The normalized spacial score (nSPS) is 22.9. The van der Waals surface area contributed by atoms with E-state index in [1.165, 1.54) is 48.5 Å². The number of urea groups is 1. The number of ether oxygens (including phenoxy) is 1. The van der Waals surface area contributed by atoms with E-state index in [4.69, 9.17) is 9.26 Å². The van der Waals surface area contributed by atoms with Crippen LogP contribution in [0.1, 0.15) is 92.8 Å². The lowest BCUT2D eigenvalue weighted by atomic mass is 9.99. The fourth-order valence-corrected chi connectivity index (χ4v) is 11.3. The minimum absolute atomic E-state index is 0.0150. The van der Waals surface area contributed by atoms with Crippen molar-refractivity contribution in [2.45, 2.75) is 107 Å². The number of alkyl halides is 1. The summed E-state index contributed by atoms with van der Waals surface area (Å²) in [5, 5.41) is 5.94. The van der Waals surface area contributed by atoms with Gasteiger partial charge in [0.2, 0.25) is 11.8 Å². The van der Waals surface area contributed by atoms with Gasteiger partial charge in [-0.1, -0.05) is 44.0 Å². The summed E-state index contributed by atoms with van der Waals surface area (Å²) in [5.74, 6) is -4.87. The molecule has 6 amide bonds. The number of hydrogen-bond donors (Lipinski definition) is 2. The molecule has 6 atom stereocenters. The lowest BCUT2D eigenvalue weighted by Gasteiger charge is -2.36. The number of halogens is 1. The third-order valence-electron chi connectivity index (χ3n) is 11.7. The number of rotatable bonds is 13. The largest absolute Gasteiger partial charge is 0.465 e. The molecule has 18 heteroatoms. The van der Waals surface area contributed by atoms with Crippen LogP contribution in [0.5, 0.6) is 5.75 Å². The number of benzene rings is 2. The number of thiophene rings is 1. The third kappa shape index (κ3) is 8.06. The Morgan fingerprint density at radius 2 is 1.77 bits per heavy atom. The minimum Gasteiger partial charge on any atom is -0.465 e. The molecule has 3 saturated heterocycles. The first-order valence-electron chi connectivity index (χ1n) is 20.6. The van der Waals surface area contributed by atoms with Crippen molar-refractivity contribution in [2.24, 2.45) is 0 Å². The number of nitrogens with zero attached hydrogens (tertiary/aromatic N) is 4. The number of nitrogens with one attached hydrogen (secondary N) is 2. The zero-order chi connectivity index (χ0) is 43.1. The maximum absolute atomic E-state index is 16.6. The Bertz CT molecular complexity index is 2420. The Morgan fingerprint density at radius 1 is 1.00 bits per heavy atom. The lowest BCUT2D eigenvalue weighted by Crippen LogP contribution is -2.58. The standard InChI is InChI=1S/C43H46FN6O9PS/c1-3-22-58-40(54)26(2)47-60(57,59-31-12-5-4-6-13-31)36(44)27-15-18-34-28(23-27)24-35(61-34)37(51)46-32-14-8-7-10-29-16-17-33(48(29)38(32)52)39(53)50-42(56)49(30-11-9-21-45-25-30)41(55)43(50)19-20-43/h4-6,9,11-13,15,18,21,23-26,29,32-33,36H,3,7-8,10,14,16-17,19-20,22H2,1-2H3,(H,46,51)(H,47,57)/t26-,29-,32-,33-,36?,60?/m0/s1. The van der Waals surface area contributed by atoms with Crippen LogP contribution in [0.4, 0.5) is 14.9 Å². The van der Waals surface area contributed by atoms with Gasteiger partial charge in [0, 0.05) is 16.9 Å². The molecule has 4 fully saturated rings. The first kappa shape index (κ1) is 42.2. The monoisotopic (exact) mass is 872 g/mol. The molecular formula is C43H46FN6O9PS. The number of hydrogen-bond acceptors (Lipinski definition) is 11. The Morgan fingerprint density at radius 3 is 2.49 bits per heavy atom. The molecule has 2 aromatic heterocycles. The van der Waals surface area contributed by atoms with Crippen molar-refractivity contribution in [1.82, 2.24) is 25.2 Å². The molecule has 1 saturated carbocycles. The maximum atomic E-state index is 16.6. The predicted octanol–water partition coefficient (Wildman–Crippen LogP) is 7.03. The van der Waals surface area contributed by atoms with Gasteiger partial charge in [-0.3, -0.25) is 33.5 Å². The van der Waals surface area contributed by atoms with Gasteiger partial charge in [0.05, 0.1) is 23.4 Å². The molecule has 15 nitrogen and oxygen atoms in total. The Labute approximate surface area is 355 Å². The lowest BCUT2D eigenvalue weighted by molar-refractivity contribution is -0.147. The van der Waals surface area contributed by atoms with Crippen molar-refractivity contribution in [3.8, 4) is 5.75 Å². The predicted molar refractivity (Wildman–Crippen MR) is 224 cm³/mol. The van der Waals surface area contributed by atoms with Crippen molar-refractivity contribution in [2.75, 3.05) is 11.5 Å². The van der Waals surface area contributed by atoms with Crippen LogP contribution in [0, 0.1) is 0 Å². The summed E-state index contributed by atoms with van der Waals surface area (Å²) < 4.78 is 42.4. The van der Waals surface area contributed by atoms with E-state index in [9.17, 15) is 33.3 Å². The summed E-state index contributed by atoms with van der Waals surface area (Å²) >= 11 is 1.13. The number of carbonyl (C=O) groups is 6. The number of anilines is 1. The molecule has 1 spiro atoms. The molecule has 2 aromatic carbocycles. The second-order valence-electron chi connectivity index (χ2n) is 15.9. The van der Waals surface area contributed by atoms with Gasteiger partial charge in [-0.05, 0) is 105 Å². The average molecular weight is 873 g/mol. The summed E-state index contributed by atoms with van der Waals surface area (Å²) in [6.45, 7) is 3.39. The Balaban J connectivity index is 0.997. The highest BCUT2D eigenvalue weighted by Gasteiger charge is 2.68. The van der Waals surface area contributed by atoms with Crippen molar-refractivity contribution >= 4 is 70.3 Å². The van der Waals surface area contributed by atoms with Crippen LogP contribution in [0.15, 0.2) is 79.1 Å². The van der Waals surface area contributed by atoms with Gasteiger partial charge in [0.1, 0.15) is 29.4 Å². The molecule has 2 N–H and O–H groups in total. The molecule has 1 aliphatic carbocycles. The SMILES string of the molecule is CCCOC(=O)[C@H](C)NP(=O)(Oc1ccccc1)C(F)c1ccc2sc(C(=O)N[C@H]3CCCC[C@H]4CC[C@@H](C(=O)N5C(=O)N(c6cccnc6)C(=O)C56CC6)N4C3=O)cc2c1. The van der Waals surface area contributed by atoms with E-state index in [1.54, 1.807) is 42.5 Å². The Hall–Kier alpha value is -5.51. The first-order valence-corrected chi connectivity index (χ1v) is 23.1. The summed E-state index contributed by atoms with van der Waals surface area (Å²) in [4.78, 5) is 90.6. The van der Waals surface area contributed by atoms with Crippen LogP contribution in [0.2, 0.25) is 0 Å². The fourth-order valence-electron chi connectivity index (χ4n) is 8.48. The molecule has 61 heavy (non-hydrogen) atoms. The van der Waals surface area contributed by atoms with Crippen LogP contribution < -0.4 is 19.8 Å². The topological polar surface area (TPSA) is 185 Å². The van der Waals surface area contributed by atoms with Crippen molar-refractivity contribution in [3.05, 3.63) is 89.6 Å². The number of aromatic nitrogens is 1. The molecule has 8 rings (SSSR count). The summed E-state index contributed by atoms with van der Waals surface area (Å²) in [7, 11) is -4.48. The van der Waals surface area contributed by atoms with Crippen LogP contribution in [-0.4, -0.2) is 86.7 Å². The zero-order valence-electron chi connectivity index (χ0n) is 33.7. The summed E-state index contributed by atoms with van der Waals surface area (Å²) in [5.41, 5.74) is -1.03. The van der Waals surface area contributed by atoms with Gasteiger partial charge >= 0.3 is 19.5 Å². The van der Waals surface area contributed by atoms with E-state index >= 15 is 4.39 Å². The molecule has 4 aromatic rings. The van der Waals surface area contributed by atoms with E-state index in [0.29, 0.717) is 61.5 Å². The van der Waals surface area contributed by atoms with Crippen molar-refractivity contribution < 1.29 is 47.0 Å². The molecule has 3 aliphatic heterocycles. The average Bonchev–Trinajstić information content (AvgIpc) is 3.66. The maximum Gasteiger partial charge on any atom is 0.355 e. The van der Waals surface area contributed by atoms with Crippen LogP contribution in [0.25, 0.3) is 10.1 Å². The Kier molecular flexibility index (Phi) is 11.8. The molecule has 0 bridgehead atoms. The molecule has 2 unspecified atom stereocenters. The molecule has 4 aliphatic rings. The number of fused-ring (bicyclic) bond motifs is 2. The number of imide groups is 2.